The van der Waals surface area contributed by atoms with E-state index in [4.69, 9.17) is 0 Å². The average Bonchev–Trinajstić information content (AvgIpc) is 3.18. The Morgan fingerprint density at radius 3 is 2.00 bits per heavy atom. The van der Waals surface area contributed by atoms with Crippen LogP contribution < -0.4 is 4.90 Å². The topological polar surface area (TPSA) is 46.6 Å². The number of anilines is 1. The molecular formula is C16H29Br2NO3P12S. The van der Waals surface area contributed by atoms with Crippen LogP contribution in [0.4, 0.5) is 5.69 Å². The Morgan fingerprint density at radius 2 is 1.66 bits per heavy atom. The van der Waals surface area contributed by atoms with Gasteiger partial charge in [0.15, 0.2) is 6.29 Å². The van der Waals surface area contributed by atoms with Crippen molar-refractivity contribution in [2.75, 3.05) is 25.1 Å². The number of carbonyl (C=O) groups is 2. The third kappa shape index (κ3) is 13.7. The third-order valence-corrected chi connectivity index (χ3v) is 73.1. The first-order chi connectivity index (χ1) is 16.4. The quantitative estimate of drug-likeness (QED) is 0.158. The molecule has 8 atom stereocenters. The highest BCUT2D eigenvalue weighted by atomic mass is 79.9. The molecule has 1 aromatic heterocycles. The lowest BCUT2D eigenvalue weighted by Gasteiger charge is -2.39. The van der Waals surface area contributed by atoms with Crippen molar-refractivity contribution in [3.63, 3.8) is 0 Å². The van der Waals surface area contributed by atoms with Crippen LogP contribution in [0.3, 0.4) is 0 Å². The fraction of sp³-hybridized carbons (Fsp3) is 0.250. The van der Waals surface area contributed by atoms with Gasteiger partial charge in [-0.15, -0.1) is 73.8 Å². The van der Waals surface area contributed by atoms with E-state index in [1.807, 2.05) is 35.7 Å². The summed E-state index contributed by atoms with van der Waals surface area (Å²) in [4.78, 5) is 24.2. The minimum absolute atomic E-state index is 0.0361. The normalized spacial score (nSPS) is 14.2. The van der Waals surface area contributed by atoms with E-state index in [1.54, 1.807) is 0 Å². The highest BCUT2D eigenvalue weighted by Gasteiger charge is 2.33. The molecule has 8 unspecified atom stereocenters. The number of ether oxygens (including phenoxy) is 1. The molecular weight excluding hydrogens is 818 g/mol. The Kier molecular flexibility index (Phi) is 21.1. The molecule has 1 aromatic carbocycles. The lowest BCUT2D eigenvalue weighted by atomic mass is 9.99. The molecule has 4 nitrogen and oxygen atoms in total. The molecule has 0 radical (unpaired) electrons. The summed E-state index contributed by atoms with van der Waals surface area (Å²) in [6.07, 6.45) is 0.842. The third-order valence-electron chi connectivity index (χ3n) is 4.17. The van der Waals surface area contributed by atoms with E-state index < -0.39 is 0 Å². The number of halogens is 2. The standard InChI is InChI=1S/C11H12BrNO2.C5H3BrOS.H14P12/c1-15-11(14)8-6-13(7-8)10-4-2-3-9(12)5-10;6-4-1-2-8-5(4)3-7;1-8(2)11(7)12(9(3)4)10(5)6/h2-5,8H,6-7H2,1H3;1-3H;1-7H2. The van der Waals surface area contributed by atoms with Crippen molar-refractivity contribution >= 4 is 159 Å². The van der Waals surface area contributed by atoms with Gasteiger partial charge < -0.3 is 9.64 Å². The van der Waals surface area contributed by atoms with Crippen LogP contribution in [0.2, 0.25) is 0 Å². The largest absolute Gasteiger partial charge is 0.469 e. The molecule has 1 saturated heterocycles. The number of benzene rings is 1. The smallest absolute Gasteiger partial charge is 0.312 e. The van der Waals surface area contributed by atoms with Crippen LogP contribution in [0.25, 0.3) is 0 Å². The van der Waals surface area contributed by atoms with Crippen molar-refractivity contribution in [1.82, 2.24) is 0 Å². The van der Waals surface area contributed by atoms with Crippen LogP contribution in [0.1, 0.15) is 9.67 Å². The van der Waals surface area contributed by atoms with Gasteiger partial charge in [-0.2, -0.15) is 0 Å². The van der Waals surface area contributed by atoms with Gasteiger partial charge in [0.25, 0.3) is 0 Å². The first kappa shape index (κ1) is 37.0. The highest BCUT2D eigenvalue weighted by molar-refractivity contribution is 9.21. The van der Waals surface area contributed by atoms with Gasteiger partial charge in [0, 0.05) is 27.7 Å². The minimum atomic E-state index is -0.110. The second kappa shape index (κ2) is 20.0. The van der Waals surface area contributed by atoms with Crippen LogP contribution in [0.5, 0.6) is 0 Å². The molecule has 2 aromatic rings. The molecule has 19 heteroatoms. The molecule has 3 rings (SSSR count). The van der Waals surface area contributed by atoms with Crippen LogP contribution in [0.15, 0.2) is 44.7 Å². The van der Waals surface area contributed by atoms with Crippen molar-refractivity contribution in [3.8, 4) is 0 Å². The fourth-order valence-corrected chi connectivity index (χ4v) is 107. The number of esters is 1. The summed E-state index contributed by atoms with van der Waals surface area (Å²) < 4.78 is 6.63. The van der Waals surface area contributed by atoms with Gasteiger partial charge in [0.05, 0.1) is 17.9 Å². The van der Waals surface area contributed by atoms with Gasteiger partial charge in [-0.25, -0.2) is 0 Å². The van der Waals surface area contributed by atoms with Crippen molar-refractivity contribution < 1.29 is 14.3 Å². The van der Waals surface area contributed by atoms with Crippen molar-refractivity contribution in [2.24, 2.45) is 5.92 Å². The zero-order chi connectivity index (χ0) is 26.7. The molecule has 1 aliphatic rings. The first-order valence-corrected chi connectivity index (χ1v) is 32.7. The van der Waals surface area contributed by atoms with Crippen molar-refractivity contribution in [1.29, 1.82) is 0 Å². The summed E-state index contributed by atoms with van der Waals surface area (Å²) in [6.45, 7) is 2.21. The number of thiophene rings is 1. The Labute approximate surface area is 251 Å². The number of hydrogen-bond acceptors (Lipinski definition) is 5. The minimum Gasteiger partial charge on any atom is -0.469 e. The number of hydrogen-bond donors (Lipinski definition) is 0. The monoisotopic (exact) mass is 845 g/mol. The number of methoxy groups -OCH3 is 1. The lowest BCUT2D eigenvalue weighted by Crippen LogP contribution is -2.50. The summed E-state index contributed by atoms with van der Waals surface area (Å²) in [5, 5.41) is 1.87. The average molecular weight is 847 g/mol. The molecule has 2 heterocycles. The van der Waals surface area contributed by atoms with Crippen LogP contribution in [0, 0.1) is 5.92 Å². The van der Waals surface area contributed by atoms with Crippen LogP contribution >= 0.6 is 141 Å². The molecule has 196 valence electrons. The van der Waals surface area contributed by atoms with E-state index in [-0.39, 0.29) is 46.8 Å². The lowest BCUT2D eigenvalue weighted by molar-refractivity contribution is -0.146. The maximum Gasteiger partial charge on any atom is 0.312 e. The zero-order valence-electron chi connectivity index (χ0n) is 18.6. The highest BCUT2D eigenvalue weighted by Crippen LogP contribution is 3.16. The predicted octanol–water partition coefficient (Wildman–Crippen LogP) is 11.0. The molecule has 0 aliphatic carbocycles. The second-order valence-electron chi connectivity index (χ2n) is 6.58. The van der Waals surface area contributed by atoms with E-state index in [9.17, 15) is 9.59 Å². The zero-order valence-corrected chi connectivity index (χ0v) is 35.2. The Morgan fingerprint density at radius 1 is 1.06 bits per heavy atom. The summed E-state index contributed by atoms with van der Waals surface area (Å²) in [6, 6.07) is 9.92. The molecule has 0 bridgehead atoms. The summed E-state index contributed by atoms with van der Waals surface area (Å²) in [5.41, 5.74) is 1.14. The molecule has 35 heavy (non-hydrogen) atoms. The second-order valence-corrected chi connectivity index (χ2v) is 54.2. The number of nitrogens with zero attached hydrogens (tertiary/aromatic N) is 1. The Balaban J connectivity index is 0.000000276. The predicted molar refractivity (Wildman–Crippen MR) is 202 cm³/mol. The molecule has 1 fully saturated rings. The molecule has 0 saturated carbocycles. The molecule has 1 aliphatic heterocycles. The van der Waals surface area contributed by atoms with Crippen LogP contribution in [-0.4, -0.2) is 32.5 Å². The number of rotatable bonds is 7. The SMILES string of the molecule is COC(=O)C1CN(c2cccc(Br)c2)C1.O=Cc1sccc1Br.PP(P)P(P)P(P(P)P)P(P)P. The van der Waals surface area contributed by atoms with Gasteiger partial charge in [-0.05, 0) is 80.5 Å². The molecule has 0 amide bonds. The Hall–Kier alpha value is 3.98. The number of aldehydes is 1. The Bertz CT molecular complexity index is 927. The first-order valence-electron chi connectivity index (χ1n) is 9.42. The van der Waals surface area contributed by atoms with E-state index in [0.29, 0.717) is 0 Å². The van der Waals surface area contributed by atoms with Gasteiger partial charge >= 0.3 is 5.97 Å². The maximum atomic E-state index is 11.2. The van der Waals surface area contributed by atoms with Crippen molar-refractivity contribution in [2.45, 2.75) is 0 Å². The summed E-state index contributed by atoms with van der Waals surface area (Å²) in [7, 11) is 22.4. The fourth-order valence-electron chi connectivity index (χ4n) is 2.49. The van der Waals surface area contributed by atoms with E-state index in [0.717, 1.165) is 38.9 Å². The maximum absolute atomic E-state index is 11.2. The van der Waals surface area contributed by atoms with Gasteiger partial charge in [-0.3, -0.25) is 9.59 Å². The molecule has 0 N–H and O–H groups in total. The van der Waals surface area contributed by atoms with Crippen LogP contribution in [-0.2, 0) is 9.53 Å². The summed E-state index contributed by atoms with van der Waals surface area (Å²) in [5.74, 6) is -0.0739. The van der Waals surface area contributed by atoms with E-state index >= 15 is 0 Å². The van der Waals surface area contributed by atoms with Gasteiger partial charge in [-0.1, -0.05) is 22.0 Å². The van der Waals surface area contributed by atoms with Gasteiger partial charge in [0.2, 0.25) is 0 Å². The van der Waals surface area contributed by atoms with E-state index in [2.05, 4.69) is 104 Å². The van der Waals surface area contributed by atoms with E-state index in [1.165, 1.54) is 18.4 Å². The number of carbonyl (C=O) groups excluding carboxylic acids is 2. The summed E-state index contributed by atoms with van der Waals surface area (Å²) >= 11 is 8.06. The van der Waals surface area contributed by atoms with Crippen molar-refractivity contribution in [3.05, 3.63) is 49.5 Å². The van der Waals surface area contributed by atoms with Gasteiger partial charge in [0.1, 0.15) is 0 Å². The molecule has 0 spiro atoms.